The molecule has 0 aliphatic heterocycles. The molecule has 0 saturated heterocycles. The normalized spacial score (nSPS) is 20.7. The molecule has 2 unspecified atom stereocenters. The lowest BCUT2D eigenvalue weighted by Crippen LogP contribution is -2.15. The minimum absolute atomic E-state index is 0.228. The Balaban J connectivity index is 1.86. The molecule has 0 radical (unpaired) electrons. The van der Waals surface area contributed by atoms with Crippen molar-refractivity contribution in [3.8, 4) is 5.75 Å². The van der Waals surface area contributed by atoms with Crippen molar-refractivity contribution in [2.45, 2.75) is 51.2 Å². The summed E-state index contributed by atoms with van der Waals surface area (Å²) >= 11 is 0. The number of hydrogen-bond donors (Lipinski definition) is 1. The molecule has 0 saturated carbocycles. The van der Waals surface area contributed by atoms with Crippen molar-refractivity contribution in [3.05, 3.63) is 42.0 Å². The molecule has 98 valence electrons. The van der Waals surface area contributed by atoms with E-state index in [-0.39, 0.29) is 12.2 Å². The maximum atomic E-state index is 9.25. The average molecular weight is 246 g/mol. The monoisotopic (exact) mass is 246 g/mol. The number of hydrogen-bond acceptors (Lipinski definition) is 2. The predicted molar refractivity (Wildman–Crippen MR) is 73.9 cm³/mol. The van der Waals surface area contributed by atoms with Gasteiger partial charge in [0.2, 0.25) is 0 Å². The third-order valence-electron chi connectivity index (χ3n) is 3.27. The molecule has 0 spiro atoms. The zero-order chi connectivity index (χ0) is 12.8. The number of aliphatic hydroxyl groups excluding tert-OH is 1. The Morgan fingerprint density at radius 1 is 1.33 bits per heavy atom. The van der Waals surface area contributed by atoms with E-state index in [1.54, 1.807) is 0 Å². The van der Waals surface area contributed by atoms with Crippen molar-refractivity contribution in [1.29, 1.82) is 0 Å². The number of rotatable bonds is 5. The zero-order valence-corrected chi connectivity index (χ0v) is 11.0. The molecule has 2 atom stereocenters. The summed E-state index contributed by atoms with van der Waals surface area (Å²) in [6, 6.07) is 8.23. The van der Waals surface area contributed by atoms with Gasteiger partial charge in [-0.3, -0.25) is 0 Å². The number of ether oxygens (including phenoxy) is 1. The number of aryl methyl sites for hydroxylation is 1. The first-order chi connectivity index (χ1) is 8.74. The van der Waals surface area contributed by atoms with E-state index in [1.807, 2.05) is 19.1 Å². The summed E-state index contributed by atoms with van der Waals surface area (Å²) in [5.74, 6) is 0.937. The summed E-state index contributed by atoms with van der Waals surface area (Å²) < 4.78 is 5.90. The third-order valence-corrected chi connectivity index (χ3v) is 3.27. The van der Waals surface area contributed by atoms with Crippen molar-refractivity contribution in [2.75, 3.05) is 0 Å². The number of benzene rings is 1. The van der Waals surface area contributed by atoms with Gasteiger partial charge in [0, 0.05) is 0 Å². The lowest BCUT2D eigenvalue weighted by Gasteiger charge is -2.18. The average Bonchev–Trinajstić information content (AvgIpc) is 2.39. The van der Waals surface area contributed by atoms with E-state index in [2.05, 4.69) is 24.3 Å². The molecule has 18 heavy (non-hydrogen) atoms. The molecule has 2 heteroatoms. The van der Waals surface area contributed by atoms with Crippen molar-refractivity contribution in [3.63, 3.8) is 0 Å². The SMILES string of the molecule is CC(O)CCc1ccc(OC2C=CCCC2)cc1. The standard InChI is InChI=1S/C16H22O2/c1-13(17)7-8-14-9-11-16(12-10-14)18-15-5-3-2-4-6-15/h3,5,9-13,15,17H,2,4,6-8H2,1H3. The highest BCUT2D eigenvalue weighted by Crippen LogP contribution is 2.20. The van der Waals surface area contributed by atoms with Crippen LogP contribution >= 0.6 is 0 Å². The molecular formula is C16H22O2. The van der Waals surface area contributed by atoms with Gasteiger partial charge in [0.05, 0.1) is 6.10 Å². The van der Waals surface area contributed by atoms with Gasteiger partial charge in [0.25, 0.3) is 0 Å². The van der Waals surface area contributed by atoms with Gasteiger partial charge in [0.1, 0.15) is 11.9 Å². The molecule has 1 aromatic rings. The summed E-state index contributed by atoms with van der Waals surface area (Å²) in [5.41, 5.74) is 1.25. The van der Waals surface area contributed by atoms with Crippen molar-refractivity contribution < 1.29 is 9.84 Å². The smallest absolute Gasteiger partial charge is 0.120 e. The van der Waals surface area contributed by atoms with E-state index < -0.39 is 0 Å². The molecule has 0 heterocycles. The predicted octanol–water partition coefficient (Wildman–Crippen LogP) is 3.49. The van der Waals surface area contributed by atoms with Gasteiger partial charge in [-0.25, -0.2) is 0 Å². The molecular weight excluding hydrogens is 224 g/mol. The van der Waals surface area contributed by atoms with Crippen LogP contribution in [0.25, 0.3) is 0 Å². The van der Waals surface area contributed by atoms with Gasteiger partial charge in [-0.2, -0.15) is 0 Å². The van der Waals surface area contributed by atoms with Crippen LogP contribution in [0.4, 0.5) is 0 Å². The van der Waals surface area contributed by atoms with Crippen LogP contribution in [-0.4, -0.2) is 17.3 Å². The van der Waals surface area contributed by atoms with Gasteiger partial charge in [-0.1, -0.05) is 18.2 Å². The van der Waals surface area contributed by atoms with Crippen molar-refractivity contribution in [1.82, 2.24) is 0 Å². The van der Waals surface area contributed by atoms with Crippen LogP contribution in [0.3, 0.4) is 0 Å². The van der Waals surface area contributed by atoms with Crippen LogP contribution in [0.2, 0.25) is 0 Å². The van der Waals surface area contributed by atoms with Gasteiger partial charge in [0.15, 0.2) is 0 Å². The van der Waals surface area contributed by atoms with Crippen LogP contribution in [0.1, 0.15) is 38.2 Å². The summed E-state index contributed by atoms with van der Waals surface area (Å²) in [4.78, 5) is 0. The van der Waals surface area contributed by atoms with Crippen LogP contribution < -0.4 is 4.74 Å². The van der Waals surface area contributed by atoms with E-state index in [9.17, 15) is 5.11 Å². The first kappa shape index (κ1) is 13.2. The number of allylic oxidation sites excluding steroid dienone is 1. The fourth-order valence-electron chi connectivity index (χ4n) is 2.16. The molecule has 1 aromatic carbocycles. The quantitative estimate of drug-likeness (QED) is 0.806. The van der Waals surface area contributed by atoms with Gasteiger partial charge >= 0.3 is 0 Å². The van der Waals surface area contributed by atoms with Gasteiger partial charge in [-0.05, 0) is 62.8 Å². The first-order valence-corrected chi connectivity index (χ1v) is 6.84. The van der Waals surface area contributed by atoms with Crippen LogP contribution in [-0.2, 0) is 6.42 Å². The maximum Gasteiger partial charge on any atom is 0.120 e. The fraction of sp³-hybridized carbons (Fsp3) is 0.500. The summed E-state index contributed by atoms with van der Waals surface area (Å²) in [6.07, 6.45) is 9.60. The van der Waals surface area contributed by atoms with E-state index in [1.165, 1.54) is 18.4 Å². The lowest BCUT2D eigenvalue weighted by molar-refractivity contribution is 0.185. The van der Waals surface area contributed by atoms with E-state index >= 15 is 0 Å². The molecule has 0 aromatic heterocycles. The Hall–Kier alpha value is -1.28. The first-order valence-electron chi connectivity index (χ1n) is 6.84. The second-order valence-corrected chi connectivity index (χ2v) is 5.05. The molecule has 0 bridgehead atoms. The minimum Gasteiger partial charge on any atom is -0.486 e. The fourth-order valence-corrected chi connectivity index (χ4v) is 2.16. The van der Waals surface area contributed by atoms with Gasteiger partial charge in [-0.15, -0.1) is 0 Å². The highest BCUT2D eigenvalue weighted by Gasteiger charge is 2.09. The molecule has 0 amide bonds. The lowest BCUT2D eigenvalue weighted by atomic mass is 10.1. The largest absolute Gasteiger partial charge is 0.486 e. The summed E-state index contributed by atoms with van der Waals surface area (Å²) in [5, 5.41) is 9.25. The van der Waals surface area contributed by atoms with Crippen molar-refractivity contribution in [2.24, 2.45) is 0 Å². The van der Waals surface area contributed by atoms with E-state index in [0.29, 0.717) is 0 Å². The highest BCUT2D eigenvalue weighted by atomic mass is 16.5. The topological polar surface area (TPSA) is 29.5 Å². The minimum atomic E-state index is -0.228. The Bertz CT molecular complexity index is 379. The molecule has 2 rings (SSSR count). The Morgan fingerprint density at radius 3 is 2.72 bits per heavy atom. The Morgan fingerprint density at radius 2 is 2.11 bits per heavy atom. The van der Waals surface area contributed by atoms with Crippen molar-refractivity contribution >= 4 is 0 Å². The summed E-state index contributed by atoms with van der Waals surface area (Å²) in [7, 11) is 0. The Labute approximate surface area is 109 Å². The molecule has 2 nitrogen and oxygen atoms in total. The highest BCUT2D eigenvalue weighted by molar-refractivity contribution is 5.28. The maximum absolute atomic E-state index is 9.25. The van der Waals surface area contributed by atoms with Crippen LogP contribution in [0, 0.1) is 0 Å². The van der Waals surface area contributed by atoms with Gasteiger partial charge < -0.3 is 9.84 Å². The molecule has 1 aliphatic carbocycles. The second kappa shape index (κ2) is 6.60. The number of aliphatic hydroxyl groups is 1. The molecule has 1 aliphatic rings. The van der Waals surface area contributed by atoms with Crippen LogP contribution in [0.15, 0.2) is 36.4 Å². The zero-order valence-electron chi connectivity index (χ0n) is 11.0. The Kier molecular flexibility index (Phi) is 4.82. The van der Waals surface area contributed by atoms with E-state index in [4.69, 9.17) is 4.74 Å². The second-order valence-electron chi connectivity index (χ2n) is 5.05. The van der Waals surface area contributed by atoms with E-state index in [0.717, 1.165) is 25.0 Å². The van der Waals surface area contributed by atoms with Crippen LogP contribution in [0.5, 0.6) is 5.75 Å². The third kappa shape index (κ3) is 4.19. The molecule has 0 fully saturated rings. The molecule has 1 N–H and O–H groups in total. The summed E-state index contributed by atoms with van der Waals surface area (Å²) in [6.45, 7) is 1.83.